The average Bonchev–Trinajstić information content (AvgIpc) is 3.34. The summed E-state index contributed by atoms with van der Waals surface area (Å²) >= 11 is 1.82. The maximum atomic E-state index is 6.29. The van der Waals surface area contributed by atoms with Crippen molar-refractivity contribution in [3.63, 3.8) is 0 Å². The standard InChI is InChI=1S/C36H22N2O2S/c1-2-10-27-25(9-1)26-21-33-34(40-32-14-6-5-13-31(32)39-33)22-30(26)37(27)23-17-19-24(20-18-23)38-28-11-3-7-15-35(28)41-36-16-8-4-12-29(36)38/h1-22H. The predicted molar refractivity (Wildman–Crippen MR) is 166 cm³/mol. The zero-order chi connectivity index (χ0) is 26.9. The van der Waals surface area contributed by atoms with Crippen LogP contribution in [0.4, 0.5) is 17.1 Å². The zero-order valence-corrected chi connectivity index (χ0v) is 22.6. The first kappa shape index (κ1) is 22.7. The number of hydrogen-bond acceptors (Lipinski definition) is 4. The lowest BCUT2D eigenvalue weighted by Gasteiger charge is -2.32. The molecule has 0 unspecified atom stereocenters. The molecule has 5 heteroatoms. The van der Waals surface area contributed by atoms with Crippen LogP contribution in [0.15, 0.2) is 143 Å². The summed E-state index contributed by atoms with van der Waals surface area (Å²) < 4.78 is 14.9. The van der Waals surface area contributed by atoms with Crippen LogP contribution in [0.5, 0.6) is 23.0 Å². The van der Waals surface area contributed by atoms with E-state index >= 15 is 0 Å². The van der Waals surface area contributed by atoms with Crippen LogP contribution in [0.25, 0.3) is 27.5 Å². The second-order valence-electron chi connectivity index (χ2n) is 10.2. The van der Waals surface area contributed by atoms with Crippen molar-refractivity contribution in [3.8, 4) is 28.7 Å². The van der Waals surface area contributed by atoms with Crippen LogP contribution in [-0.2, 0) is 0 Å². The third kappa shape index (κ3) is 3.43. The van der Waals surface area contributed by atoms with Gasteiger partial charge in [-0.05, 0) is 72.8 Å². The fraction of sp³-hybridized carbons (Fsp3) is 0. The van der Waals surface area contributed by atoms with Crippen molar-refractivity contribution in [3.05, 3.63) is 133 Å². The van der Waals surface area contributed by atoms with Crippen LogP contribution >= 0.6 is 11.8 Å². The molecule has 7 aromatic rings. The highest BCUT2D eigenvalue weighted by molar-refractivity contribution is 7.99. The first-order valence-electron chi connectivity index (χ1n) is 13.6. The van der Waals surface area contributed by atoms with Crippen LogP contribution < -0.4 is 14.4 Å². The molecule has 9 rings (SSSR count). The highest BCUT2D eigenvalue weighted by Crippen LogP contribution is 2.52. The Morgan fingerprint density at radius 3 is 1.71 bits per heavy atom. The molecule has 0 aliphatic carbocycles. The van der Waals surface area contributed by atoms with E-state index in [2.05, 4.69) is 119 Å². The average molecular weight is 547 g/mol. The molecule has 0 saturated heterocycles. The lowest BCUT2D eigenvalue weighted by molar-refractivity contribution is 0.360. The van der Waals surface area contributed by atoms with Gasteiger partial charge in [-0.1, -0.05) is 66.4 Å². The molecule has 2 aliphatic heterocycles. The van der Waals surface area contributed by atoms with Crippen LogP contribution in [0.1, 0.15) is 0 Å². The molecule has 0 fully saturated rings. The summed E-state index contributed by atoms with van der Waals surface area (Å²) in [4.78, 5) is 4.87. The number of benzene rings is 6. The summed E-state index contributed by atoms with van der Waals surface area (Å²) in [5.41, 5.74) is 6.83. The second kappa shape index (κ2) is 8.68. The van der Waals surface area contributed by atoms with Crippen molar-refractivity contribution in [1.29, 1.82) is 0 Å². The van der Waals surface area contributed by atoms with Crippen molar-refractivity contribution >= 4 is 50.6 Å². The molecular formula is C36H22N2O2S. The molecule has 4 nitrogen and oxygen atoms in total. The van der Waals surface area contributed by atoms with Crippen molar-refractivity contribution in [2.45, 2.75) is 9.79 Å². The zero-order valence-electron chi connectivity index (χ0n) is 21.8. The smallest absolute Gasteiger partial charge is 0.172 e. The first-order chi connectivity index (χ1) is 20.3. The van der Waals surface area contributed by atoms with E-state index in [1.807, 2.05) is 36.0 Å². The summed E-state index contributed by atoms with van der Waals surface area (Å²) in [6.45, 7) is 0. The summed E-state index contributed by atoms with van der Waals surface area (Å²) in [5.74, 6) is 2.91. The van der Waals surface area contributed by atoms with Crippen molar-refractivity contribution < 1.29 is 9.47 Å². The molecule has 0 atom stereocenters. The van der Waals surface area contributed by atoms with Gasteiger partial charge in [0.05, 0.1) is 22.4 Å². The molecule has 194 valence electrons. The Hall–Kier alpha value is -5.13. The van der Waals surface area contributed by atoms with Gasteiger partial charge in [-0.3, -0.25) is 0 Å². The number of rotatable bonds is 2. The number of aromatic nitrogens is 1. The second-order valence-corrected chi connectivity index (χ2v) is 11.3. The minimum Gasteiger partial charge on any atom is -0.449 e. The first-order valence-corrected chi connectivity index (χ1v) is 14.4. The number of para-hydroxylation sites is 5. The van der Waals surface area contributed by atoms with E-state index in [-0.39, 0.29) is 0 Å². The molecule has 6 aromatic carbocycles. The monoisotopic (exact) mass is 546 g/mol. The molecule has 0 spiro atoms. The van der Waals surface area contributed by atoms with Crippen molar-refractivity contribution in [1.82, 2.24) is 4.57 Å². The van der Waals surface area contributed by atoms with Gasteiger partial charge in [0, 0.05) is 38.0 Å². The SMILES string of the molecule is c1ccc2c(c1)Oc1cc3c4ccccc4n(-c4ccc(N5c6ccccc6Sc6ccccc65)cc4)c3cc1O2. The van der Waals surface area contributed by atoms with Gasteiger partial charge >= 0.3 is 0 Å². The number of fused-ring (bicyclic) bond motifs is 7. The summed E-state index contributed by atoms with van der Waals surface area (Å²) in [6.07, 6.45) is 0. The fourth-order valence-electron chi connectivity index (χ4n) is 6.00. The number of ether oxygens (including phenoxy) is 2. The molecule has 41 heavy (non-hydrogen) atoms. The van der Waals surface area contributed by atoms with Crippen molar-refractivity contribution in [2.24, 2.45) is 0 Å². The minimum absolute atomic E-state index is 0.718. The van der Waals surface area contributed by atoms with Crippen LogP contribution in [-0.4, -0.2) is 4.57 Å². The summed E-state index contributed by atoms with van der Waals surface area (Å²) in [5, 5.41) is 2.30. The maximum absolute atomic E-state index is 6.29. The van der Waals surface area contributed by atoms with E-state index in [1.165, 1.54) is 26.6 Å². The third-order valence-electron chi connectivity index (χ3n) is 7.83. The lowest BCUT2D eigenvalue weighted by atomic mass is 10.1. The topological polar surface area (TPSA) is 26.6 Å². The van der Waals surface area contributed by atoms with E-state index in [1.54, 1.807) is 0 Å². The quantitative estimate of drug-likeness (QED) is 0.215. The van der Waals surface area contributed by atoms with Crippen LogP contribution in [0.3, 0.4) is 0 Å². The largest absolute Gasteiger partial charge is 0.449 e. The molecule has 0 amide bonds. The van der Waals surface area contributed by atoms with Crippen LogP contribution in [0.2, 0.25) is 0 Å². The minimum atomic E-state index is 0.718. The van der Waals surface area contributed by atoms with E-state index in [9.17, 15) is 0 Å². The number of anilines is 3. The fourth-order valence-corrected chi connectivity index (χ4v) is 7.06. The number of nitrogens with zero attached hydrogens (tertiary/aromatic N) is 2. The molecule has 2 aliphatic rings. The van der Waals surface area contributed by atoms with Gasteiger partial charge in [0.1, 0.15) is 0 Å². The van der Waals surface area contributed by atoms with Gasteiger partial charge in [-0.2, -0.15) is 0 Å². The van der Waals surface area contributed by atoms with E-state index in [0.717, 1.165) is 50.8 Å². The normalized spacial score (nSPS) is 13.1. The molecule has 0 bridgehead atoms. The molecular weight excluding hydrogens is 524 g/mol. The van der Waals surface area contributed by atoms with Crippen LogP contribution in [0, 0.1) is 0 Å². The predicted octanol–water partition coefficient (Wildman–Crippen LogP) is 10.6. The lowest BCUT2D eigenvalue weighted by Crippen LogP contribution is -2.14. The third-order valence-corrected chi connectivity index (χ3v) is 8.96. The Bertz CT molecular complexity index is 2100. The van der Waals surface area contributed by atoms with Gasteiger partial charge in [0.15, 0.2) is 23.0 Å². The van der Waals surface area contributed by atoms with Gasteiger partial charge in [-0.25, -0.2) is 0 Å². The Labute approximate surface area is 241 Å². The Morgan fingerprint density at radius 1 is 0.439 bits per heavy atom. The summed E-state index contributed by atoms with van der Waals surface area (Å²) in [6, 6.07) is 46.6. The molecule has 3 heterocycles. The number of hydrogen-bond donors (Lipinski definition) is 0. The molecule has 0 N–H and O–H groups in total. The van der Waals surface area contributed by atoms with Gasteiger partial charge < -0.3 is 18.9 Å². The van der Waals surface area contributed by atoms with E-state index in [4.69, 9.17) is 9.47 Å². The molecule has 1 aromatic heterocycles. The van der Waals surface area contributed by atoms with Gasteiger partial charge in [0.2, 0.25) is 0 Å². The van der Waals surface area contributed by atoms with Gasteiger partial charge in [-0.15, -0.1) is 0 Å². The van der Waals surface area contributed by atoms with E-state index < -0.39 is 0 Å². The maximum Gasteiger partial charge on any atom is 0.172 e. The Kier molecular flexibility index (Phi) is 4.80. The Balaban J connectivity index is 1.20. The Morgan fingerprint density at radius 2 is 1.00 bits per heavy atom. The summed E-state index contributed by atoms with van der Waals surface area (Å²) in [7, 11) is 0. The van der Waals surface area contributed by atoms with E-state index in [0.29, 0.717) is 0 Å². The van der Waals surface area contributed by atoms with Gasteiger partial charge in [0.25, 0.3) is 0 Å². The molecule has 0 saturated carbocycles. The highest BCUT2D eigenvalue weighted by atomic mass is 32.2. The highest BCUT2D eigenvalue weighted by Gasteiger charge is 2.25. The van der Waals surface area contributed by atoms with Crippen molar-refractivity contribution in [2.75, 3.05) is 4.90 Å². The molecule has 0 radical (unpaired) electrons.